The second-order valence-electron chi connectivity index (χ2n) is 15.4. The molecule has 3 atom stereocenters. The summed E-state index contributed by atoms with van der Waals surface area (Å²) < 4.78 is 66.7. The van der Waals surface area contributed by atoms with Crippen molar-refractivity contribution in [2.45, 2.75) is 115 Å². The Hall–Kier alpha value is -4.42. The van der Waals surface area contributed by atoms with Crippen LogP contribution in [0.2, 0.25) is 0 Å². The first-order valence-corrected chi connectivity index (χ1v) is 19.4. The predicted octanol–water partition coefficient (Wildman–Crippen LogP) is 8.75. The topological polar surface area (TPSA) is 106 Å². The Kier molecular flexibility index (Phi) is 12.3. The number of aromatic nitrogens is 2. The van der Waals surface area contributed by atoms with E-state index < -0.39 is 47.7 Å². The Morgan fingerprint density at radius 1 is 0.889 bits per heavy atom. The number of amides is 3. The fraction of sp³-hybridized carbons (Fsp3) is 0.561. The second kappa shape index (κ2) is 16.9. The van der Waals surface area contributed by atoms with Crippen molar-refractivity contribution in [2.24, 2.45) is 17.8 Å². The first kappa shape index (κ1) is 39.3. The lowest BCUT2D eigenvalue weighted by atomic mass is 9.66. The van der Waals surface area contributed by atoms with Crippen molar-refractivity contribution in [3.63, 3.8) is 0 Å². The van der Waals surface area contributed by atoms with Gasteiger partial charge in [0.15, 0.2) is 6.04 Å². The highest BCUT2D eigenvalue weighted by atomic mass is 19.4. The van der Waals surface area contributed by atoms with Gasteiger partial charge in [0.05, 0.1) is 18.2 Å². The maximum Gasteiger partial charge on any atom is 0.413 e. The SMILES string of the molecule is CC(C(=O)N1CCOc2ccccc2C1C(F)(F)F)c1ccc(NC(=O)C(NC(=O)c2ccnn2C(C)C)C(C2CCCCC2)C2CCCCC2)c(F)c1. The standard InChI is InChI=1S/C41H51F4N5O4/c1-25(2)50-33(20-21-46-50)38(51)48-36(35(27-12-6-4-7-13-27)28-14-8-5-9-15-28)39(52)47-32-19-18-29(24-31(32)42)26(3)40(53)49-22-23-54-34-17-11-10-16-30(34)37(49)41(43,44)45/h10-11,16-21,24-28,35-37H,4-9,12-15,22-23H2,1-3H3,(H,47,52)(H,48,51). The van der Waals surface area contributed by atoms with Crippen molar-refractivity contribution < 1.29 is 36.7 Å². The van der Waals surface area contributed by atoms with Gasteiger partial charge in [0.2, 0.25) is 11.8 Å². The molecule has 3 unspecified atom stereocenters. The number of rotatable bonds is 10. The van der Waals surface area contributed by atoms with E-state index in [0.29, 0.717) is 5.69 Å². The summed E-state index contributed by atoms with van der Waals surface area (Å²) in [7, 11) is 0. The van der Waals surface area contributed by atoms with Gasteiger partial charge in [-0.15, -0.1) is 0 Å². The lowest BCUT2D eigenvalue weighted by Gasteiger charge is -2.42. The van der Waals surface area contributed by atoms with Crippen molar-refractivity contribution >= 4 is 23.4 Å². The zero-order valence-corrected chi connectivity index (χ0v) is 31.2. The summed E-state index contributed by atoms with van der Waals surface area (Å²) in [5, 5.41) is 10.1. The van der Waals surface area contributed by atoms with E-state index in [9.17, 15) is 27.6 Å². The van der Waals surface area contributed by atoms with Gasteiger partial charge in [-0.25, -0.2) is 4.39 Å². The molecule has 2 N–H and O–H groups in total. The molecule has 3 aliphatic rings. The lowest BCUT2D eigenvalue weighted by molar-refractivity contribution is -0.192. The molecule has 13 heteroatoms. The smallest absolute Gasteiger partial charge is 0.413 e. The highest BCUT2D eigenvalue weighted by Gasteiger charge is 2.49. The van der Waals surface area contributed by atoms with Crippen LogP contribution in [0.5, 0.6) is 5.75 Å². The first-order valence-electron chi connectivity index (χ1n) is 19.4. The molecule has 1 aliphatic heterocycles. The fourth-order valence-corrected chi connectivity index (χ4v) is 8.91. The molecule has 9 nitrogen and oxygen atoms in total. The average Bonchev–Trinajstić information content (AvgIpc) is 3.57. The molecular formula is C41H51F4N5O4. The van der Waals surface area contributed by atoms with Crippen LogP contribution in [0.25, 0.3) is 0 Å². The summed E-state index contributed by atoms with van der Waals surface area (Å²) in [5.74, 6) is -3.45. The highest BCUT2D eigenvalue weighted by Crippen LogP contribution is 2.45. The van der Waals surface area contributed by atoms with Crippen LogP contribution in [0.3, 0.4) is 0 Å². The minimum Gasteiger partial charge on any atom is -0.491 e. The molecule has 0 spiro atoms. The number of nitrogens with zero attached hydrogens (tertiary/aromatic N) is 3. The number of carbonyl (C=O) groups is 3. The van der Waals surface area contributed by atoms with Crippen LogP contribution in [0, 0.1) is 23.6 Å². The second-order valence-corrected chi connectivity index (χ2v) is 15.4. The van der Waals surface area contributed by atoms with Crippen molar-refractivity contribution in [2.75, 3.05) is 18.5 Å². The highest BCUT2D eigenvalue weighted by molar-refractivity contribution is 6.01. The van der Waals surface area contributed by atoms with Crippen molar-refractivity contribution in [3.8, 4) is 5.75 Å². The summed E-state index contributed by atoms with van der Waals surface area (Å²) in [4.78, 5) is 42.8. The summed E-state index contributed by atoms with van der Waals surface area (Å²) >= 11 is 0. The third-order valence-electron chi connectivity index (χ3n) is 11.6. The van der Waals surface area contributed by atoms with Gasteiger partial charge in [-0.05, 0) is 68.4 Å². The summed E-state index contributed by atoms with van der Waals surface area (Å²) in [6.45, 7) is 4.82. The van der Waals surface area contributed by atoms with Crippen LogP contribution in [-0.4, -0.2) is 57.8 Å². The molecule has 2 aliphatic carbocycles. The van der Waals surface area contributed by atoms with Gasteiger partial charge in [0.1, 0.15) is 29.9 Å². The van der Waals surface area contributed by atoms with Gasteiger partial charge in [-0.3, -0.25) is 19.1 Å². The quantitative estimate of drug-likeness (QED) is 0.202. The van der Waals surface area contributed by atoms with Gasteiger partial charge < -0.3 is 20.3 Å². The number of nitrogens with one attached hydrogen (secondary N) is 2. The molecule has 2 heterocycles. The molecule has 2 saturated carbocycles. The van der Waals surface area contributed by atoms with Gasteiger partial charge in [-0.1, -0.05) is 88.5 Å². The summed E-state index contributed by atoms with van der Waals surface area (Å²) in [6, 6.07) is 7.97. The molecule has 2 aromatic carbocycles. The minimum absolute atomic E-state index is 0.0585. The van der Waals surface area contributed by atoms with Crippen molar-refractivity contribution in [3.05, 3.63) is 77.4 Å². The molecule has 6 rings (SSSR count). The number of carbonyl (C=O) groups excluding carboxylic acids is 3. The summed E-state index contributed by atoms with van der Waals surface area (Å²) in [6.07, 6.45) is 6.99. The van der Waals surface area contributed by atoms with E-state index in [1.54, 1.807) is 23.0 Å². The molecule has 3 amide bonds. The number of halogens is 4. The van der Waals surface area contributed by atoms with Crippen LogP contribution < -0.4 is 15.4 Å². The molecule has 54 heavy (non-hydrogen) atoms. The Morgan fingerprint density at radius 2 is 1.54 bits per heavy atom. The average molecular weight is 754 g/mol. The monoisotopic (exact) mass is 753 g/mol. The lowest BCUT2D eigenvalue weighted by Crippen LogP contribution is -2.53. The maximum atomic E-state index is 16.0. The minimum atomic E-state index is -4.79. The number of alkyl halides is 3. The Labute approximate surface area is 314 Å². The van der Waals surface area contributed by atoms with Gasteiger partial charge in [0, 0.05) is 17.8 Å². The van der Waals surface area contributed by atoms with E-state index in [1.807, 2.05) is 13.8 Å². The first-order chi connectivity index (χ1) is 25.8. The Balaban J connectivity index is 1.26. The molecule has 1 aromatic heterocycles. The van der Waals surface area contributed by atoms with Crippen molar-refractivity contribution in [1.29, 1.82) is 0 Å². The van der Waals surface area contributed by atoms with Crippen LogP contribution in [0.1, 0.15) is 125 Å². The molecule has 0 bridgehead atoms. The number of fused-ring (bicyclic) bond motifs is 1. The van der Waals surface area contributed by atoms with Crippen LogP contribution >= 0.6 is 0 Å². The van der Waals surface area contributed by atoms with Crippen LogP contribution in [0.4, 0.5) is 23.2 Å². The largest absolute Gasteiger partial charge is 0.491 e. The molecule has 0 saturated heterocycles. The van der Waals surface area contributed by atoms with Crippen LogP contribution in [0.15, 0.2) is 54.7 Å². The van der Waals surface area contributed by atoms with E-state index in [4.69, 9.17) is 4.74 Å². The van der Waals surface area contributed by atoms with E-state index in [0.717, 1.165) is 75.2 Å². The maximum absolute atomic E-state index is 16.0. The number of anilines is 1. The Bertz CT molecular complexity index is 1760. The number of hydrogen-bond acceptors (Lipinski definition) is 5. The molecule has 2 fully saturated rings. The predicted molar refractivity (Wildman–Crippen MR) is 196 cm³/mol. The third kappa shape index (κ3) is 8.60. The van der Waals surface area contributed by atoms with Gasteiger partial charge >= 0.3 is 6.18 Å². The van der Waals surface area contributed by atoms with E-state index in [-0.39, 0.29) is 59.5 Å². The van der Waals surface area contributed by atoms with Gasteiger partial charge in [0.25, 0.3) is 5.91 Å². The normalized spacial score (nSPS) is 19.8. The van der Waals surface area contributed by atoms with Crippen molar-refractivity contribution in [1.82, 2.24) is 20.0 Å². The number of ether oxygens (including phenoxy) is 1. The Morgan fingerprint density at radius 3 is 2.15 bits per heavy atom. The zero-order valence-electron chi connectivity index (χ0n) is 31.2. The van der Waals surface area contributed by atoms with Crippen LogP contribution in [-0.2, 0) is 9.59 Å². The van der Waals surface area contributed by atoms with Gasteiger partial charge in [-0.2, -0.15) is 18.3 Å². The summed E-state index contributed by atoms with van der Waals surface area (Å²) in [5.41, 5.74) is 0.174. The third-order valence-corrected chi connectivity index (χ3v) is 11.6. The van der Waals surface area contributed by atoms with E-state index >= 15 is 4.39 Å². The van der Waals surface area contributed by atoms with E-state index in [2.05, 4.69) is 15.7 Å². The van der Waals surface area contributed by atoms with E-state index in [1.165, 1.54) is 37.3 Å². The number of benzene rings is 2. The molecule has 292 valence electrons. The fourth-order valence-electron chi connectivity index (χ4n) is 8.91. The number of hydrogen-bond donors (Lipinski definition) is 2. The molecular weight excluding hydrogens is 702 g/mol. The molecule has 3 aromatic rings. The number of para-hydroxylation sites is 1. The molecule has 0 radical (unpaired) electrons. The zero-order chi connectivity index (χ0) is 38.6.